The Morgan fingerprint density at radius 3 is 2.44 bits per heavy atom. The molecule has 1 amide bonds. The van der Waals surface area contributed by atoms with Crippen molar-refractivity contribution in [2.75, 3.05) is 19.5 Å². The van der Waals surface area contributed by atoms with E-state index in [4.69, 9.17) is 14.2 Å². The van der Waals surface area contributed by atoms with Gasteiger partial charge in [0.15, 0.2) is 6.10 Å². The monoisotopic (exact) mass is 343 g/mol. The number of carbonyl (C=O) groups is 2. The molecule has 0 saturated heterocycles. The van der Waals surface area contributed by atoms with Crippen molar-refractivity contribution < 1.29 is 23.8 Å². The lowest BCUT2D eigenvalue weighted by atomic mass is 10.1. The molecule has 0 aliphatic carbocycles. The number of anilines is 1. The standard InChI is InChI=1S/C19H21NO5/c1-4-17(25-14-9-7-8-13(12-14)23-2)18(21)20-16-11-6-5-10-15(16)19(22)24-3/h5-12,17H,4H2,1-3H3,(H,20,21)/t17-/m0/s1. The summed E-state index contributed by atoms with van der Waals surface area (Å²) in [5.41, 5.74) is 0.668. The Morgan fingerprint density at radius 2 is 1.76 bits per heavy atom. The highest BCUT2D eigenvalue weighted by Crippen LogP contribution is 2.22. The lowest BCUT2D eigenvalue weighted by molar-refractivity contribution is -0.122. The normalized spacial score (nSPS) is 11.3. The van der Waals surface area contributed by atoms with Gasteiger partial charge < -0.3 is 19.5 Å². The molecule has 0 saturated carbocycles. The average molecular weight is 343 g/mol. The lowest BCUT2D eigenvalue weighted by Gasteiger charge is -2.18. The third-order valence-corrected chi connectivity index (χ3v) is 3.57. The molecule has 6 nitrogen and oxygen atoms in total. The number of benzene rings is 2. The van der Waals surface area contributed by atoms with Crippen molar-refractivity contribution in [3.8, 4) is 11.5 Å². The molecule has 0 spiro atoms. The fourth-order valence-corrected chi connectivity index (χ4v) is 2.25. The molecule has 0 aromatic heterocycles. The van der Waals surface area contributed by atoms with Gasteiger partial charge in [0.2, 0.25) is 0 Å². The summed E-state index contributed by atoms with van der Waals surface area (Å²) in [6.07, 6.45) is -0.249. The van der Waals surface area contributed by atoms with Crippen molar-refractivity contribution in [2.45, 2.75) is 19.4 Å². The van der Waals surface area contributed by atoms with E-state index in [2.05, 4.69) is 5.32 Å². The van der Waals surface area contributed by atoms with E-state index in [0.29, 0.717) is 23.6 Å². The first kappa shape index (κ1) is 18.3. The molecule has 2 aromatic rings. The molecular weight excluding hydrogens is 322 g/mol. The number of methoxy groups -OCH3 is 2. The maximum absolute atomic E-state index is 12.5. The molecule has 0 unspecified atom stereocenters. The number of hydrogen-bond acceptors (Lipinski definition) is 5. The molecular formula is C19H21NO5. The van der Waals surface area contributed by atoms with Gasteiger partial charge in [-0.3, -0.25) is 4.79 Å². The van der Waals surface area contributed by atoms with Crippen LogP contribution in [0.5, 0.6) is 11.5 Å². The molecule has 1 atom stereocenters. The van der Waals surface area contributed by atoms with Crippen LogP contribution in [0.25, 0.3) is 0 Å². The summed E-state index contributed by atoms with van der Waals surface area (Å²) >= 11 is 0. The number of hydrogen-bond donors (Lipinski definition) is 1. The van der Waals surface area contributed by atoms with Gasteiger partial charge in [-0.15, -0.1) is 0 Å². The minimum Gasteiger partial charge on any atom is -0.497 e. The summed E-state index contributed by atoms with van der Waals surface area (Å²) in [6, 6.07) is 13.7. The second-order valence-corrected chi connectivity index (χ2v) is 5.22. The van der Waals surface area contributed by atoms with Gasteiger partial charge in [0.05, 0.1) is 25.5 Å². The first-order chi connectivity index (χ1) is 12.1. The molecule has 2 rings (SSSR count). The van der Waals surface area contributed by atoms with Crippen LogP contribution in [-0.4, -0.2) is 32.2 Å². The van der Waals surface area contributed by atoms with E-state index in [1.165, 1.54) is 7.11 Å². The van der Waals surface area contributed by atoms with Gasteiger partial charge in [-0.1, -0.05) is 25.1 Å². The zero-order chi connectivity index (χ0) is 18.2. The van der Waals surface area contributed by atoms with Crippen LogP contribution in [0.2, 0.25) is 0 Å². The average Bonchev–Trinajstić information content (AvgIpc) is 2.65. The fourth-order valence-electron chi connectivity index (χ4n) is 2.25. The van der Waals surface area contributed by atoms with Gasteiger partial charge in [-0.05, 0) is 30.7 Å². The van der Waals surface area contributed by atoms with Crippen molar-refractivity contribution in [3.63, 3.8) is 0 Å². The van der Waals surface area contributed by atoms with Crippen molar-refractivity contribution in [2.24, 2.45) is 0 Å². The molecule has 25 heavy (non-hydrogen) atoms. The molecule has 0 radical (unpaired) electrons. The van der Waals surface area contributed by atoms with Crippen LogP contribution in [-0.2, 0) is 9.53 Å². The summed E-state index contributed by atoms with van der Waals surface area (Å²) < 4.78 is 15.6. The summed E-state index contributed by atoms with van der Waals surface area (Å²) in [6.45, 7) is 1.84. The number of ether oxygens (including phenoxy) is 3. The highest BCUT2D eigenvalue weighted by atomic mass is 16.5. The first-order valence-electron chi connectivity index (χ1n) is 7.88. The van der Waals surface area contributed by atoms with Crippen LogP contribution in [0.1, 0.15) is 23.7 Å². The quantitative estimate of drug-likeness (QED) is 0.781. The van der Waals surface area contributed by atoms with E-state index >= 15 is 0 Å². The van der Waals surface area contributed by atoms with Crippen molar-refractivity contribution >= 4 is 17.6 Å². The maximum atomic E-state index is 12.5. The van der Waals surface area contributed by atoms with Gasteiger partial charge in [0.1, 0.15) is 11.5 Å². The van der Waals surface area contributed by atoms with Gasteiger partial charge >= 0.3 is 5.97 Å². The molecule has 2 aromatic carbocycles. The molecule has 0 aliphatic heterocycles. The van der Waals surface area contributed by atoms with Crippen molar-refractivity contribution in [1.29, 1.82) is 0 Å². The summed E-state index contributed by atoms with van der Waals surface area (Å²) in [7, 11) is 2.86. The fraction of sp³-hybridized carbons (Fsp3) is 0.263. The Kier molecular flexibility index (Phi) is 6.39. The van der Waals surface area contributed by atoms with Crippen molar-refractivity contribution in [3.05, 3.63) is 54.1 Å². The van der Waals surface area contributed by atoms with Gasteiger partial charge in [-0.25, -0.2) is 4.79 Å². The third-order valence-electron chi connectivity index (χ3n) is 3.57. The molecule has 132 valence electrons. The lowest BCUT2D eigenvalue weighted by Crippen LogP contribution is -2.33. The Bertz CT molecular complexity index is 744. The van der Waals surface area contributed by atoms with Gasteiger partial charge in [0.25, 0.3) is 5.91 Å². The predicted octanol–water partition coefficient (Wildman–Crippen LogP) is 3.28. The minimum atomic E-state index is -0.710. The Morgan fingerprint density at radius 1 is 1.04 bits per heavy atom. The van der Waals surface area contributed by atoms with E-state index < -0.39 is 12.1 Å². The Labute approximate surface area is 146 Å². The van der Waals surface area contributed by atoms with Crippen LogP contribution in [0.15, 0.2) is 48.5 Å². The Balaban J connectivity index is 2.14. The van der Waals surface area contributed by atoms with E-state index in [0.717, 1.165) is 0 Å². The topological polar surface area (TPSA) is 73.9 Å². The van der Waals surface area contributed by atoms with Crippen LogP contribution in [0.3, 0.4) is 0 Å². The number of rotatable bonds is 7. The smallest absolute Gasteiger partial charge is 0.339 e. The Hall–Kier alpha value is -3.02. The third kappa shape index (κ3) is 4.73. The molecule has 0 fully saturated rings. The van der Waals surface area contributed by atoms with E-state index in [1.54, 1.807) is 55.6 Å². The van der Waals surface area contributed by atoms with E-state index in [-0.39, 0.29) is 11.5 Å². The number of para-hydroxylation sites is 1. The molecule has 0 bridgehead atoms. The van der Waals surface area contributed by atoms with Crippen LogP contribution in [0, 0.1) is 0 Å². The van der Waals surface area contributed by atoms with Crippen LogP contribution in [0.4, 0.5) is 5.69 Å². The molecule has 0 heterocycles. The van der Waals surface area contributed by atoms with Crippen LogP contribution >= 0.6 is 0 Å². The van der Waals surface area contributed by atoms with Gasteiger partial charge in [0, 0.05) is 6.07 Å². The summed E-state index contributed by atoms with van der Waals surface area (Å²) in [5, 5.41) is 2.73. The first-order valence-corrected chi connectivity index (χ1v) is 7.88. The second kappa shape index (κ2) is 8.73. The number of carbonyl (C=O) groups excluding carboxylic acids is 2. The molecule has 0 aliphatic rings. The number of esters is 1. The van der Waals surface area contributed by atoms with Crippen molar-refractivity contribution in [1.82, 2.24) is 0 Å². The number of nitrogens with one attached hydrogen (secondary N) is 1. The highest BCUT2D eigenvalue weighted by molar-refractivity contribution is 6.02. The zero-order valence-corrected chi connectivity index (χ0v) is 14.4. The summed E-state index contributed by atoms with van der Waals surface area (Å²) in [4.78, 5) is 24.3. The SMILES string of the molecule is CC[C@H](Oc1cccc(OC)c1)C(=O)Nc1ccccc1C(=O)OC. The predicted molar refractivity (Wildman–Crippen MR) is 94.1 cm³/mol. The maximum Gasteiger partial charge on any atom is 0.339 e. The van der Waals surface area contributed by atoms with E-state index in [9.17, 15) is 9.59 Å². The number of amides is 1. The molecule has 6 heteroatoms. The largest absolute Gasteiger partial charge is 0.497 e. The van der Waals surface area contributed by atoms with Crippen LogP contribution < -0.4 is 14.8 Å². The van der Waals surface area contributed by atoms with Gasteiger partial charge in [-0.2, -0.15) is 0 Å². The second-order valence-electron chi connectivity index (χ2n) is 5.22. The zero-order valence-electron chi connectivity index (χ0n) is 14.4. The summed E-state index contributed by atoms with van der Waals surface area (Å²) in [5.74, 6) is 0.311. The van der Waals surface area contributed by atoms with E-state index in [1.807, 2.05) is 6.92 Å². The molecule has 1 N–H and O–H groups in total. The highest BCUT2D eigenvalue weighted by Gasteiger charge is 2.21. The minimum absolute atomic E-state index is 0.287.